The molecule has 0 saturated heterocycles. The fourth-order valence-electron chi connectivity index (χ4n) is 2.02. The average Bonchev–Trinajstić information content (AvgIpc) is 2.53. The largest absolute Gasteiger partial charge is 0.416 e. The minimum absolute atomic E-state index is 0.0513. The molecule has 0 aliphatic rings. The van der Waals surface area contributed by atoms with Gasteiger partial charge in [-0.05, 0) is 48.1 Å². The van der Waals surface area contributed by atoms with Gasteiger partial charge in [-0.3, -0.25) is 0 Å². The van der Waals surface area contributed by atoms with Gasteiger partial charge in [0.15, 0.2) is 5.11 Å². The smallest absolute Gasteiger partial charge is 0.332 e. The van der Waals surface area contributed by atoms with Crippen molar-refractivity contribution in [3.63, 3.8) is 0 Å². The van der Waals surface area contributed by atoms with E-state index < -0.39 is 29.2 Å². The van der Waals surface area contributed by atoms with Crippen molar-refractivity contribution in [2.75, 3.05) is 10.6 Å². The van der Waals surface area contributed by atoms with Crippen LogP contribution in [0.25, 0.3) is 6.08 Å². The molecule has 2 rings (SSSR count). The SMILES string of the molecule is C=Cc1ccc(NC(=S)Nc2cc(C(F)(F)F)cc(C(F)(F)F)c2)cc1. The van der Waals surface area contributed by atoms with Gasteiger partial charge in [0.25, 0.3) is 0 Å². The normalized spacial score (nSPS) is 11.8. The third-order valence-electron chi connectivity index (χ3n) is 3.25. The highest BCUT2D eigenvalue weighted by atomic mass is 32.1. The number of benzene rings is 2. The number of rotatable bonds is 3. The summed E-state index contributed by atoms with van der Waals surface area (Å²) >= 11 is 4.95. The number of anilines is 2. The molecule has 0 aliphatic heterocycles. The number of hydrogen-bond acceptors (Lipinski definition) is 1. The van der Waals surface area contributed by atoms with E-state index in [-0.39, 0.29) is 11.2 Å². The number of nitrogens with one attached hydrogen (secondary N) is 2. The molecule has 0 heterocycles. The zero-order chi connectivity index (χ0) is 19.5. The topological polar surface area (TPSA) is 24.1 Å². The molecular weight excluding hydrogens is 378 g/mol. The molecule has 0 aromatic heterocycles. The van der Waals surface area contributed by atoms with Crippen LogP contribution in [0.5, 0.6) is 0 Å². The van der Waals surface area contributed by atoms with E-state index in [2.05, 4.69) is 17.2 Å². The van der Waals surface area contributed by atoms with Gasteiger partial charge < -0.3 is 10.6 Å². The molecule has 2 nitrogen and oxygen atoms in total. The first-order chi connectivity index (χ1) is 12.0. The highest BCUT2D eigenvalue weighted by Crippen LogP contribution is 2.37. The monoisotopic (exact) mass is 390 g/mol. The summed E-state index contributed by atoms with van der Waals surface area (Å²) in [5.74, 6) is 0. The lowest BCUT2D eigenvalue weighted by Crippen LogP contribution is -2.20. The molecule has 0 unspecified atom stereocenters. The Morgan fingerprint density at radius 3 is 1.69 bits per heavy atom. The van der Waals surface area contributed by atoms with Gasteiger partial charge in [-0.25, -0.2) is 0 Å². The van der Waals surface area contributed by atoms with Crippen LogP contribution in [0.4, 0.5) is 37.7 Å². The first kappa shape index (κ1) is 19.8. The van der Waals surface area contributed by atoms with E-state index in [1.165, 1.54) is 0 Å². The van der Waals surface area contributed by atoms with Crippen molar-refractivity contribution in [1.29, 1.82) is 0 Å². The zero-order valence-electron chi connectivity index (χ0n) is 13.0. The quantitative estimate of drug-likeness (QED) is 0.484. The molecule has 26 heavy (non-hydrogen) atoms. The van der Waals surface area contributed by atoms with Gasteiger partial charge in [0.2, 0.25) is 0 Å². The summed E-state index contributed by atoms with van der Waals surface area (Å²) in [7, 11) is 0. The molecule has 0 bridgehead atoms. The molecule has 2 N–H and O–H groups in total. The van der Waals surface area contributed by atoms with Crippen molar-refractivity contribution in [3.8, 4) is 0 Å². The Bertz CT molecular complexity index is 777. The molecule has 0 amide bonds. The van der Waals surface area contributed by atoms with E-state index in [1.54, 1.807) is 30.3 Å². The van der Waals surface area contributed by atoms with Crippen LogP contribution in [0.2, 0.25) is 0 Å². The fraction of sp³-hybridized carbons (Fsp3) is 0.118. The van der Waals surface area contributed by atoms with Crippen LogP contribution < -0.4 is 10.6 Å². The lowest BCUT2D eigenvalue weighted by atomic mass is 10.1. The maximum absolute atomic E-state index is 12.8. The maximum atomic E-state index is 12.8. The summed E-state index contributed by atoms with van der Waals surface area (Å²) in [4.78, 5) is 0. The molecule has 2 aromatic carbocycles. The predicted molar refractivity (Wildman–Crippen MR) is 92.8 cm³/mol. The predicted octanol–water partition coefficient (Wildman–Crippen LogP) is 6.18. The zero-order valence-corrected chi connectivity index (χ0v) is 13.8. The second kappa shape index (κ2) is 7.36. The van der Waals surface area contributed by atoms with Crippen molar-refractivity contribution in [1.82, 2.24) is 0 Å². The second-order valence-corrected chi connectivity index (χ2v) is 5.61. The molecule has 0 fully saturated rings. The van der Waals surface area contributed by atoms with Crippen LogP contribution in [0.3, 0.4) is 0 Å². The number of alkyl halides is 6. The Morgan fingerprint density at radius 1 is 0.808 bits per heavy atom. The summed E-state index contributed by atoms with van der Waals surface area (Å²) in [5, 5.41) is 4.88. The Balaban J connectivity index is 2.23. The van der Waals surface area contributed by atoms with E-state index in [0.29, 0.717) is 17.8 Å². The average molecular weight is 390 g/mol. The molecular formula is C17H12F6N2S. The van der Waals surface area contributed by atoms with Crippen LogP contribution >= 0.6 is 12.2 Å². The Hall–Kier alpha value is -2.55. The number of halogens is 6. The second-order valence-electron chi connectivity index (χ2n) is 5.20. The van der Waals surface area contributed by atoms with Gasteiger partial charge in [-0.1, -0.05) is 24.8 Å². The third-order valence-corrected chi connectivity index (χ3v) is 3.45. The maximum Gasteiger partial charge on any atom is 0.416 e. The molecule has 0 saturated carbocycles. The lowest BCUT2D eigenvalue weighted by molar-refractivity contribution is -0.143. The van der Waals surface area contributed by atoms with Crippen LogP contribution in [0.15, 0.2) is 49.0 Å². The molecule has 138 valence electrons. The standard InChI is InChI=1S/C17H12F6N2S/c1-2-10-3-5-13(6-4-10)24-15(26)25-14-8-11(16(18,19)20)7-12(9-14)17(21,22)23/h2-9H,1H2,(H2,24,25,26). The van der Waals surface area contributed by atoms with E-state index in [9.17, 15) is 26.3 Å². The van der Waals surface area contributed by atoms with E-state index in [0.717, 1.165) is 5.56 Å². The van der Waals surface area contributed by atoms with E-state index in [1.807, 2.05) is 0 Å². The van der Waals surface area contributed by atoms with Crippen molar-refractivity contribution in [2.45, 2.75) is 12.4 Å². The summed E-state index contributed by atoms with van der Waals surface area (Å²) in [6.45, 7) is 3.59. The number of thiocarbonyl (C=S) groups is 1. The molecule has 2 aromatic rings. The van der Waals surface area contributed by atoms with E-state index >= 15 is 0 Å². The van der Waals surface area contributed by atoms with Gasteiger partial charge >= 0.3 is 12.4 Å². The van der Waals surface area contributed by atoms with Gasteiger partial charge in [0, 0.05) is 11.4 Å². The fourth-order valence-corrected chi connectivity index (χ4v) is 2.26. The van der Waals surface area contributed by atoms with Crippen LogP contribution in [0, 0.1) is 0 Å². The molecule has 0 spiro atoms. The van der Waals surface area contributed by atoms with Gasteiger partial charge in [0.1, 0.15) is 0 Å². The van der Waals surface area contributed by atoms with Crippen molar-refractivity contribution >= 4 is 34.8 Å². The highest BCUT2D eigenvalue weighted by molar-refractivity contribution is 7.80. The first-order valence-corrected chi connectivity index (χ1v) is 7.50. The van der Waals surface area contributed by atoms with Crippen LogP contribution in [-0.2, 0) is 12.4 Å². The molecule has 9 heteroatoms. The van der Waals surface area contributed by atoms with Crippen molar-refractivity contribution in [3.05, 3.63) is 65.7 Å². The summed E-state index contributed by atoms with van der Waals surface area (Å²) < 4.78 is 77.0. The van der Waals surface area contributed by atoms with Crippen molar-refractivity contribution in [2.24, 2.45) is 0 Å². The van der Waals surface area contributed by atoms with Crippen molar-refractivity contribution < 1.29 is 26.3 Å². The Kier molecular flexibility index (Phi) is 5.60. The Morgan fingerprint density at radius 2 is 1.27 bits per heavy atom. The molecule has 0 atom stereocenters. The van der Waals surface area contributed by atoms with Gasteiger partial charge in [0.05, 0.1) is 11.1 Å². The molecule has 0 radical (unpaired) electrons. The minimum atomic E-state index is -4.92. The summed E-state index contributed by atoms with van der Waals surface area (Å²) in [6, 6.07) is 7.87. The lowest BCUT2D eigenvalue weighted by Gasteiger charge is -2.16. The summed E-state index contributed by atoms with van der Waals surface area (Å²) in [6.07, 6.45) is -8.23. The highest BCUT2D eigenvalue weighted by Gasteiger charge is 2.37. The Labute approximate surface area is 150 Å². The van der Waals surface area contributed by atoms with Gasteiger partial charge in [-0.2, -0.15) is 26.3 Å². The van der Waals surface area contributed by atoms with Crippen LogP contribution in [-0.4, -0.2) is 5.11 Å². The summed E-state index contributed by atoms with van der Waals surface area (Å²) in [5.41, 5.74) is -1.92. The molecule has 0 aliphatic carbocycles. The van der Waals surface area contributed by atoms with Gasteiger partial charge in [-0.15, -0.1) is 0 Å². The first-order valence-electron chi connectivity index (χ1n) is 7.09. The van der Waals surface area contributed by atoms with E-state index in [4.69, 9.17) is 12.2 Å². The van der Waals surface area contributed by atoms with Crippen LogP contribution in [0.1, 0.15) is 16.7 Å². The number of hydrogen-bond donors (Lipinski definition) is 2. The minimum Gasteiger partial charge on any atom is -0.332 e. The third kappa shape index (κ3) is 5.22.